The van der Waals surface area contributed by atoms with E-state index in [1.807, 2.05) is 50.2 Å². The Morgan fingerprint density at radius 2 is 1.93 bits per heavy atom. The van der Waals surface area contributed by atoms with E-state index in [1.54, 1.807) is 6.26 Å². The Morgan fingerprint density at radius 3 is 2.67 bits per heavy atom. The van der Waals surface area contributed by atoms with Gasteiger partial charge in [0.2, 0.25) is 0 Å². The summed E-state index contributed by atoms with van der Waals surface area (Å²) >= 11 is 1.52. The van der Waals surface area contributed by atoms with Gasteiger partial charge in [0.1, 0.15) is 5.76 Å². The summed E-state index contributed by atoms with van der Waals surface area (Å²) in [6, 6.07) is 14.0. The molecule has 0 radical (unpaired) electrons. The Hall–Kier alpha value is -2.73. The number of imidazole rings is 1. The van der Waals surface area contributed by atoms with Crippen LogP contribution in [0.4, 0.5) is 0 Å². The zero-order valence-corrected chi connectivity index (χ0v) is 18.7. The molecule has 0 aliphatic carbocycles. The lowest BCUT2D eigenvalue weighted by atomic mass is 10.2. The van der Waals surface area contributed by atoms with Gasteiger partial charge in [0, 0.05) is 23.5 Å². The molecule has 0 saturated carbocycles. The second-order valence-corrected chi connectivity index (χ2v) is 8.99. The molecule has 30 heavy (non-hydrogen) atoms. The number of carbonyl (C=O) groups excluding carboxylic acids is 1. The van der Waals surface area contributed by atoms with Crippen LogP contribution in [0.2, 0.25) is 0 Å². The van der Waals surface area contributed by atoms with Crippen molar-refractivity contribution in [2.24, 2.45) is 5.92 Å². The number of Topliss-reactive ketones (excluding diaryl/α,β-unsaturated/α-hetero) is 1. The molecule has 0 bridgehead atoms. The van der Waals surface area contributed by atoms with Gasteiger partial charge in [-0.15, -0.1) is 0 Å². The summed E-state index contributed by atoms with van der Waals surface area (Å²) in [5.74, 6) is 1.87. The molecule has 0 N–H and O–H groups in total. The second kappa shape index (κ2) is 8.56. The normalized spacial score (nSPS) is 11.6. The van der Waals surface area contributed by atoms with Crippen LogP contribution >= 0.6 is 11.8 Å². The maximum atomic E-state index is 13.1. The van der Waals surface area contributed by atoms with Gasteiger partial charge in [0.05, 0.1) is 29.6 Å². The number of carbonyl (C=O) groups is 1. The number of ketones is 1. The molecule has 3 aromatic heterocycles. The average Bonchev–Trinajstić information content (AvgIpc) is 3.41. The average molecular weight is 422 g/mol. The zero-order chi connectivity index (χ0) is 21.3. The molecular weight excluding hydrogens is 394 g/mol. The van der Waals surface area contributed by atoms with E-state index < -0.39 is 0 Å². The van der Waals surface area contributed by atoms with E-state index in [9.17, 15) is 4.79 Å². The number of thioether (sulfide) groups is 1. The number of furan rings is 1. The van der Waals surface area contributed by atoms with E-state index in [-0.39, 0.29) is 5.78 Å². The van der Waals surface area contributed by atoms with E-state index >= 15 is 0 Å². The summed E-state index contributed by atoms with van der Waals surface area (Å²) in [7, 11) is 0. The first-order chi connectivity index (χ1) is 14.4. The predicted octanol–water partition coefficient (Wildman–Crippen LogP) is 5.73. The molecule has 5 nitrogen and oxygen atoms in total. The SMILES string of the molecule is Cc1cc(C(=O)CSc2nc3ccccc3n2CC(C)C)c(C)n1Cc1ccco1. The van der Waals surface area contributed by atoms with Gasteiger partial charge >= 0.3 is 0 Å². The number of benzene rings is 1. The van der Waals surface area contributed by atoms with Crippen LogP contribution in [-0.2, 0) is 13.1 Å². The highest BCUT2D eigenvalue weighted by Gasteiger charge is 2.19. The number of aromatic nitrogens is 3. The molecular formula is C24H27N3O2S. The van der Waals surface area contributed by atoms with Crippen LogP contribution in [0.25, 0.3) is 11.0 Å². The smallest absolute Gasteiger partial charge is 0.175 e. The van der Waals surface area contributed by atoms with E-state index in [0.717, 1.165) is 45.4 Å². The van der Waals surface area contributed by atoms with Crippen LogP contribution in [0.5, 0.6) is 0 Å². The van der Waals surface area contributed by atoms with Crippen molar-refractivity contribution >= 4 is 28.6 Å². The molecule has 0 unspecified atom stereocenters. The largest absolute Gasteiger partial charge is 0.467 e. The van der Waals surface area contributed by atoms with E-state index in [2.05, 4.69) is 29.0 Å². The van der Waals surface area contributed by atoms with Gasteiger partial charge in [0.25, 0.3) is 0 Å². The van der Waals surface area contributed by atoms with Crippen LogP contribution in [0.3, 0.4) is 0 Å². The zero-order valence-electron chi connectivity index (χ0n) is 17.9. The van der Waals surface area contributed by atoms with Crippen LogP contribution in [0.1, 0.15) is 41.4 Å². The standard InChI is InChI=1S/C24H27N3O2S/c1-16(2)13-27-22-10-6-5-9-21(22)25-24(27)30-15-23(28)20-12-17(3)26(18(20)4)14-19-8-7-11-29-19/h5-12,16H,13-15H2,1-4H3. The Kier molecular flexibility index (Phi) is 5.86. The quantitative estimate of drug-likeness (QED) is 0.269. The molecule has 4 rings (SSSR count). The second-order valence-electron chi connectivity index (χ2n) is 8.05. The van der Waals surface area contributed by atoms with E-state index in [4.69, 9.17) is 9.40 Å². The molecule has 0 aliphatic heterocycles. The number of aryl methyl sites for hydroxylation is 1. The van der Waals surface area contributed by atoms with Crippen LogP contribution < -0.4 is 0 Å². The summed E-state index contributed by atoms with van der Waals surface area (Å²) in [4.78, 5) is 17.8. The van der Waals surface area contributed by atoms with Crippen molar-refractivity contribution in [2.75, 3.05) is 5.75 Å². The number of nitrogens with zero attached hydrogens (tertiary/aromatic N) is 3. The summed E-state index contributed by atoms with van der Waals surface area (Å²) in [5, 5.41) is 0.905. The summed E-state index contributed by atoms with van der Waals surface area (Å²) in [5.41, 5.74) is 4.91. The Morgan fingerprint density at radius 1 is 1.13 bits per heavy atom. The highest BCUT2D eigenvalue weighted by molar-refractivity contribution is 7.99. The van der Waals surface area contributed by atoms with Gasteiger partial charge in [-0.1, -0.05) is 37.7 Å². The number of para-hydroxylation sites is 2. The number of rotatable bonds is 8. The third kappa shape index (κ3) is 4.10. The molecule has 0 spiro atoms. The third-order valence-electron chi connectivity index (χ3n) is 5.27. The van der Waals surface area contributed by atoms with Gasteiger partial charge in [-0.2, -0.15) is 0 Å². The van der Waals surface area contributed by atoms with Crippen molar-refractivity contribution in [3.8, 4) is 0 Å². The maximum absolute atomic E-state index is 13.1. The van der Waals surface area contributed by atoms with Crippen molar-refractivity contribution in [3.63, 3.8) is 0 Å². The first kappa shape index (κ1) is 20.5. The fraction of sp³-hybridized carbons (Fsp3) is 0.333. The minimum Gasteiger partial charge on any atom is -0.467 e. The molecule has 4 aromatic rings. The van der Waals surface area contributed by atoms with Crippen molar-refractivity contribution < 1.29 is 9.21 Å². The first-order valence-corrected chi connectivity index (χ1v) is 11.2. The van der Waals surface area contributed by atoms with Crippen LogP contribution in [-0.4, -0.2) is 25.7 Å². The fourth-order valence-electron chi connectivity index (χ4n) is 3.80. The fourth-order valence-corrected chi connectivity index (χ4v) is 4.71. The molecule has 0 saturated heterocycles. The van der Waals surface area contributed by atoms with Crippen LogP contribution in [0, 0.1) is 19.8 Å². The van der Waals surface area contributed by atoms with Gasteiger partial charge in [-0.05, 0) is 50.1 Å². The monoisotopic (exact) mass is 421 g/mol. The van der Waals surface area contributed by atoms with Gasteiger partial charge in [-0.25, -0.2) is 4.98 Å². The number of fused-ring (bicyclic) bond motifs is 1. The minimum absolute atomic E-state index is 0.127. The third-order valence-corrected chi connectivity index (χ3v) is 6.24. The molecule has 0 atom stereocenters. The highest BCUT2D eigenvalue weighted by atomic mass is 32.2. The predicted molar refractivity (Wildman–Crippen MR) is 121 cm³/mol. The molecule has 0 amide bonds. The highest BCUT2D eigenvalue weighted by Crippen LogP contribution is 2.27. The maximum Gasteiger partial charge on any atom is 0.175 e. The lowest BCUT2D eigenvalue weighted by Gasteiger charge is -2.11. The molecule has 6 heteroatoms. The van der Waals surface area contributed by atoms with Gasteiger partial charge in [-0.3, -0.25) is 4.79 Å². The van der Waals surface area contributed by atoms with Crippen molar-refractivity contribution in [3.05, 3.63) is 71.4 Å². The summed E-state index contributed by atoms with van der Waals surface area (Å²) < 4.78 is 9.84. The van der Waals surface area contributed by atoms with Crippen molar-refractivity contribution in [2.45, 2.75) is 45.9 Å². The Labute approximate surface area is 181 Å². The van der Waals surface area contributed by atoms with Crippen molar-refractivity contribution in [1.29, 1.82) is 0 Å². The first-order valence-electron chi connectivity index (χ1n) is 10.2. The molecule has 1 aromatic carbocycles. The summed E-state index contributed by atoms with van der Waals surface area (Å²) in [6.45, 7) is 9.94. The lowest BCUT2D eigenvalue weighted by molar-refractivity contribution is 0.102. The Bertz CT molecular complexity index is 1170. The lowest BCUT2D eigenvalue weighted by Crippen LogP contribution is -2.09. The van der Waals surface area contributed by atoms with Gasteiger partial charge < -0.3 is 13.6 Å². The van der Waals surface area contributed by atoms with Gasteiger partial charge in [0.15, 0.2) is 10.9 Å². The topological polar surface area (TPSA) is 53.0 Å². The van der Waals surface area contributed by atoms with E-state index in [0.29, 0.717) is 18.2 Å². The number of hydrogen-bond donors (Lipinski definition) is 0. The Balaban J connectivity index is 1.54. The summed E-state index contributed by atoms with van der Waals surface area (Å²) in [6.07, 6.45) is 1.68. The van der Waals surface area contributed by atoms with E-state index in [1.165, 1.54) is 11.8 Å². The molecule has 3 heterocycles. The molecule has 0 aliphatic rings. The van der Waals surface area contributed by atoms with Crippen molar-refractivity contribution in [1.82, 2.24) is 14.1 Å². The van der Waals surface area contributed by atoms with Crippen LogP contribution in [0.15, 0.2) is 58.3 Å². The minimum atomic E-state index is 0.127. The number of hydrogen-bond acceptors (Lipinski definition) is 4. The molecule has 0 fully saturated rings. The molecule has 156 valence electrons.